The molecule has 0 amide bonds. The van der Waals surface area contributed by atoms with Crippen LogP contribution in [0.25, 0.3) is 10.8 Å². The molecule has 0 radical (unpaired) electrons. The first-order valence-corrected chi connectivity index (χ1v) is 4.69. The first-order valence-electron chi connectivity index (χ1n) is 4.69. The molecular weight excluding hydrogens is 227 g/mol. The van der Waals surface area contributed by atoms with E-state index in [0.717, 1.165) is 12.1 Å². The second-order valence-electron chi connectivity index (χ2n) is 3.47. The lowest BCUT2D eigenvalue weighted by atomic mass is 9.99. The quantitative estimate of drug-likeness (QED) is 0.836. The first kappa shape index (κ1) is 11.1. The first-order chi connectivity index (χ1) is 8.00. The number of rotatable bonds is 2. The van der Waals surface area contributed by atoms with Gasteiger partial charge in [0.15, 0.2) is 0 Å². The van der Waals surface area contributed by atoms with Crippen molar-refractivity contribution in [3.63, 3.8) is 0 Å². The van der Waals surface area contributed by atoms with Gasteiger partial charge in [-0.05, 0) is 23.6 Å². The van der Waals surface area contributed by atoms with Crippen LogP contribution in [0, 0.1) is 5.82 Å². The lowest BCUT2D eigenvalue weighted by Crippen LogP contribution is -2.04. The maximum Gasteiger partial charge on any atom is 0.336 e. The van der Waals surface area contributed by atoms with Gasteiger partial charge in [-0.3, -0.25) is 0 Å². The summed E-state index contributed by atoms with van der Waals surface area (Å²) in [6.07, 6.45) is 0. The number of hydrogen-bond donors (Lipinski definition) is 2. The molecule has 0 spiro atoms. The average Bonchev–Trinajstić information content (AvgIpc) is 2.26. The zero-order valence-corrected chi connectivity index (χ0v) is 8.48. The van der Waals surface area contributed by atoms with Gasteiger partial charge in [0.05, 0.1) is 11.1 Å². The van der Waals surface area contributed by atoms with Crippen LogP contribution < -0.4 is 0 Å². The summed E-state index contributed by atoms with van der Waals surface area (Å²) >= 11 is 0. The molecule has 0 saturated carbocycles. The van der Waals surface area contributed by atoms with Crippen molar-refractivity contribution in [3.8, 4) is 0 Å². The smallest absolute Gasteiger partial charge is 0.336 e. The van der Waals surface area contributed by atoms with Crippen LogP contribution in [-0.2, 0) is 0 Å². The fourth-order valence-electron chi connectivity index (χ4n) is 1.74. The predicted molar refractivity (Wildman–Crippen MR) is 57.8 cm³/mol. The molecule has 0 atom stereocenters. The summed E-state index contributed by atoms with van der Waals surface area (Å²) in [4.78, 5) is 22.0. The summed E-state index contributed by atoms with van der Waals surface area (Å²) < 4.78 is 13.2. The van der Waals surface area contributed by atoms with Crippen LogP contribution in [0.5, 0.6) is 0 Å². The van der Waals surface area contributed by atoms with Crippen molar-refractivity contribution in [1.82, 2.24) is 0 Å². The average molecular weight is 234 g/mol. The van der Waals surface area contributed by atoms with Gasteiger partial charge in [-0.25, -0.2) is 14.0 Å². The second kappa shape index (κ2) is 3.86. The second-order valence-corrected chi connectivity index (χ2v) is 3.47. The lowest BCUT2D eigenvalue weighted by molar-refractivity contribution is 0.0695. The summed E-state index contributed by atoms with van der Waals surface area (Å²) in [7, 11) is 0. The van der Waals surface area contributed by atoms with Gasteiger partial charge >= 0.3 is 11.9 Å². The molecule has 2 rings (SSSR count). The molecule has 2 aromatic rings. The van der Waals surface area contributed by atoms with Gasteiger partial charge in [-0.1, -0.05) is 12.1 Å². The minimum atomic E-state index is -1.36. The Bertz CT molecular complexity index is 634. The lowest BCUT2D eigenvalue weighted by Gasteiger charge is -2.06. The molecular formula is C12H7FO4. The maximum absolute atomic E-state index is 13.2. The normalized spacial score (nSPS) is 10.4. The Balaban J connectivity index is 2.96. The van der Waals surface area contributed by atoms with Crippen molar-refractivity contribution in [2.24, 2.45) is 0 Å². The van der Waals surface area contributed by atoms with Gasteiger partial charge in [0.25, 0.3) is 0 Å². The molecule has 0 heterocycles. The van der Waals surface area contributed by atoms with E-state index in [1.165, 1.54) is 18.2 Å². The van der Waals surface area contributed by atoms with E-state index in [4.69, 9.17) is 10.2 Å². The highest BCUT2D eigenvalue weighted by Gasteiger charge is 2.17. The highest BCUT2D eigenvalue weighted by molar-refractivity contribution is 6.12. The van der Waals surface area contributed by atoms with Crippen LogP contribution in [0.4, 0.5) is 4.39 Å². The van der Waals surface area contributed by atoms with Crippen molar-refractivity contribution in [2.45, 2.75) is 0 Å². The van der Waals surface area contributed by atoms with Crippen LogP contribution in [-0.4, -0.2) is 22.2 Å². The van der Waals surface area contributed by atoms with Gasteiger partial charge in [0.1, 0.15) is 5.82 Å². The van der Waals surface area contributed by atoms with E-state index in [0.29, 0.717) is 0 Å². The van der Waals surface area contributed by atoms with Gasteiger partial charge in [0, 0.05) is 5.39 Å². The largest absolute Gasteiger partial charge is 0.478 e. The Kier molecular flexibility index (Phi) is 2.51. The molecule has 17 heavy (non-hydrogen) atoms. The minimum Gasteiger partial charge on any atom is -0.478 e. The highest BCUT2D eigenvalue weighted by Crippen LogP contribution is 2.24. The summed E-state index contributed by atoms with van der Waals surface area (Å²) in [6, 6.07) is 6.12. The Morgan fingerprint density at radius 3 is 2.24 bits per heavy atom. The molecule has 0 aliphatic carbocycles. The zero-order valence-electron chi connectivity index (χ0n) is 8.48. The van der Waals surface area contributed by atoms with Crippen molar-refractivity contribution in [2.75, 3.05) is 0 Å². The van der Waals surface area contributed by atoms with E-state index < -0.39 is 17.8 Å². The fraction of sp³-hybridized carbons (Fsp3) is 0. The Morgan fingerprint density at radius 2 is 1.65 bits per heavy atom. The number of carboxylic acids is 2. The molecule has 2 aromatic carbocycles. The summed E-state index contributed by atoms with van der Waals surface area (Å²) in [5.74, 6) is -3.31. The summed E-state index contributed by atoms with van der Waals surface area (Å²) in [5, 5.41) is 18.2. The third kappa shape index (κ3) is 1.82. The Hall–Kier alpha value is -2.43. The Morgan fingerprint density at radius 1 is 1.00 bits per heavy atom. The van der Waals surface area contributed by atoms with Crippen LogP contribution in [0.3, 0.4) is 0 Å². The third-order valence-corrected chi connectivity index (χ3v) is 2.40. The number of hydrogen-bond acceptors (Lipinski definition) is 2. The molecule has 0 aliphatic rings. The number of carboxylic acid groups (broad SMARTS) is 2. The SMILES string of the molecule is O=C(O)c1cccc2cc(F)cc(C(=O)O)c12. The Labute approximate surface area is 94.9 Å². The number of halogens is 1. The van der Waals surface area contributed by atoms with E-state index in [-0.39, 0.29) is 21.9 Å². The third-order valence-electron chi connectivity index (χ3n) is 2.40. The van der Waals surface area contributed by atoms with E-state index in [1.54, 1.807) is 0 Å². The van der Waals surface area contributed by atoms with E-state index in [9.17, 15) is 14.0 Å². The number of carbonyl (C=O) groups is 2. The highest BCUT2D eigenvalue weighted by atomic mass is 19.1. The van der Waals surface area contributed by atoms with E-state index >= 15 is 0 Å². The van der Waals surface area contributed by atoms with Crippen LogP contribution in [0.15, 0.2) is 30.3 Å². The molecule has 4 nitrogen and oxygen atoms in total. The number of aromatic carboxylic acids is 2. The van der Waals surface area contributed by atoms with Crippen molar-refractivity contribution in [3.05, 3.63) is 47.3 Å². The van der Waals surface area contributed by atoms with Crippen LogP contribution >= 0.6 is 0 Å². The molecule has 0 unspecified atom stereocenters. The van der Waals surface area contributed by atoms with Crippen molar-refractivity contribution in [1.29, 1.82) is 0 Å². The predicted octanol–water partition coefficient (Wildman–Crippen LogP) is 2.38. The molecule has 0 saturated heterocycles. The van der Waals surface area contributed by atoms with E-state index in [2.05, 4.69) is 0 Å². The van der Waals surface area contributed by atoms with Gasteiger partial charge < -0.3 is 10.2 Å². The molecule has 86 valence electrons. The molecule has 0 aromatic heterocycles. The van der Waals surface area contributed by atoms with Gasteiger partial charge in [0.2, 0.25) is 0 Å². The standard InChI is InChI=1S/C12H7FO4/c13-7-4-6-2-1-3-8(11(14)15)10(6)9(5-7)12(16)17/h1-5H,(H,14,15)(H,16,17). The van der Waals surface area contributed by atoms with Crippen LogP contribution in [0.1, 0.15) is 20.7 Å². The van der Waals surface area contributed by atoms with E-state index in [1.807, 2.05) is 0 Å². The molecule has 5 heteroatoms. The summed E-state index contributed by atoms with van der Waals surface area (Å²) in [5.41, 5.74) is -0.502. The topological polar surface area (TPSA) is 74.6 Å². The van der Waals surface area contributed by atoms with Gasteiger partial charge in [-0.15, -0.1) is 0 Å². The number of benzene rings is 2. The molecule has 0 fully saturated rings. The monoisotopic (exact) mass is 234 g/mol. The maximum atomic E-state index is 13.2. The zero-order chi connectivity index (χ0) is 12.6. The van der Waals surface area contributed by atoms with Crippen LogP contribution in [0.2, 0.25) is 0 Å². The summed E-state index contributed by atoms with van der Waals surface area (Å²) in [6.45, 7) is 0. The minimum absolute atomic E-state index is 0.0360. The van der Waals surface area contributed by atoms with Gasteiger partial charge in [-0.2, -0.15) is 0 Å². The van der Waals surface area contributed by atoms with Crippen molar-refractivity contribution >= 4 is 22.7 Å². The van der Waals surface area contributed by atoms with Crippen molar-refractivity contribution < 1.29 is 24.2 Å². The fourth-order valence-corrected chi connectivity index (χ4v) is 1.74. The molecule has 2 N–H and O–H groups in total. The molecule has 0 bridgehead atoms. The molecule has 0 aliphatic heterocycles. The number of fused-ring (bicyclic) bond motifs is 1.